The Kier molecular flexibility index (Phi) is 2.84. The predicted octanol–water partition coefficient (Wildman–Crippen LogP) is 2.37. The average molecular weight is 228 g/mol. The Morgan fingerprint density at radius 3 is 2.53 bits per heavy atom. The first kappa shape index (κ1) is 11.6. The van der Waals surface area contributed by atoms with Gasteiger partial charge < -0.3 is 4.57 Å². The lowest BCUT2D eigenvalue weighted by Crippen LogP contribution is -2.19. The molecule has 3 nitrogen and oxygen atoms in total. The fraction of sp³-hybridized carbons (Fsp3) is 0.286. The molecule has 0 aliphatic heterocycles. The number of aryl methyl sites for hydroxylation is 3. The smallest absolute Gasteiger partial charge is 0.269 e. The van der Waals surface area contributed by atoms with Gasteiger partial charge in [0.25, 0.3) is 5.56 Å². The number of hydrogen-bond donors (Lipinski definition) is 0. The van der Waals surface area contributed by atoms with Crippen molar-refractivity contribution in [2.24, 2.45) is 7.05 Å². The summed E-state index contributed by atoms with van der Waals surface area (Å²) in [5, 5.41) is 0. The van der Waals surface area contributed by atoms with Crippen molar-refractivity contribution in [1.82, 2.24) is 9.55 Å². The number of benzene rings is 1. The molecule has 88 valence electrons. The molecule has 0 atom stereocenters. The number of nitrogens with zero attached hydrogens (tertiary/aromatic N) is 2. The van der Waals surface area contributed by atoms with Gasteiger partial charge in [-0.05, 0) is 26.3 Å². The molecule has 0 fully saturated rings. The van der Waals surface area contributed by atoms with E-state index in [1.54, 1.807) is 11.6 Å². The summed E-state index contributed by atoms with van der Waals surface area (Å²) in [6.07, 6.45) is 1.36. The van der Waals surface area contributed by atoms with Gasteiger partial charge in [-0.15, -0.1) is 0 Å². The van der Waals surface area contributed by atoms with Crippen LogP contribution < -0.4 is 5.56 Å². The Bertz CT molecular complexity index is 627. The van der Waals surface area contributed by atoms with Crippen LogP contribution in [0.25, 0.3) is 11.3 Å². The van der Waals surface area contributed by atoms with E-state index in [0.29, 0.717) is 0 Å². The van der Waals surface area contributed by atoms with Gasteiger partial charge in [0, 0.05) is 12.6 Å². The number of aromatic nitrogens is 2. The van der Waals surface area contributed by atoms with E-state index >= 15 is 0 Å². The van der Waals surface area contributed by atoms with Crippen molar-refractivity contribution in [1.29, 1.82) is 0 Å². The third-order valence-electron chi connectivity index (χ3n) is 3.01. The lowest BCUT2D eigenvalue weighted by Gasteiger charge is -2.13. The molecular weight excluding hydrogens is 212 g/mol. The maximum atomic E-state index is 11.6. The van der Waals surface area contributed by atoms with E-state index in [-0.39, 0.29) is 5.56 Å². The average Bonchev–Trinajstić information content (AvgIpc) is 2.27. The van der Waals surface area contributed by atoms with Crippen LogP contribution in [0.2, 0.25) is 0 Å². The summed E-state index contributed by atoms with van der Waals surface area (Å²) in [5.41, 5.74) is 5.15. The van der Waals surface area contributed by atoms with Crippen LogP contribution in [-0.2, 0) is 7.05 Å². The summed E-state index contributed by atoms with van der Waals surface area (Å²) < 4.78 is 1.65. The van der Waals surface area contributed by atoms with Crippen molar-refractivity contribution in [2.45, 2.75) is 20.8 Å². The highest BCUT2D eigenvalue weighted by Gasteiger charge is 2.10. The van der Waals surface area contributed by atoms with Crippen LogP contribution in [0.5, 0.6) is 0 Å². The summed E-state index contributed by atoms with van der Waals surface area (Å²) in [7, 11) is 1.78. The molecule has 2 rings (SSSR count). The van der Waals surface area contributed by atoms with Crippen molar-refractivity contribution in [3.8, 4) is 11.3 Å². The molecule has 0 aliphatic rings. The summed E-state index contributed by atoms with van der Waals surface area (Å²) >= 11 is 0. The minimum absolute atomic E-state index is 0.0782. The zero-order valence-corrected chi connectivity index (χ0v) is 10.6. The lowest BCUT2D eigenvalue weighted by atomic mass is 10.0. The van der Waals surface area contributed by atoms with E-state index in [1.807, 2.05) is 13.0 Å². The van der Waals surface area contributed by atoms with Crippen molar-refractivity contribution in [3.05, 3.63) is 51.6 Å². The first-order chi connectivity index (χ1) is 8.00. The van der Waals surface area contributed by atoms with Crippen LogP contribution in [0.3, 0.4) is 0 Å². The fourth-order valence-electron chi connectivity index (χ4n) is 2.11. The summed E-state index contributed by atoms with van der Waals surface area (Å²) in [4.78, 5) is 15.8. The molecule has 0 saturated heterocycles. The van der Waals surface area contributed by atoms with Crippen LogP contribution >= 0.6 is 0 Å². The van der Waals surface area contributed by atoms with E-state index in [1.165, 1.54) is 11.8 Å². The maximum absolute atomic E-state index is 11.6. The minimum Gasteiger partial charge on any atom is -0.308 e. The number of hydrogen-bond acceptors (Lipinski definition) is 2. The van der Waals surface area contributed by atoms with Gasteiger partial charge in [0.05, 0.1) is 17.6 Å². The van der Waals surface area contributed by atoms with E-state index in [9.17, 15) is 4.79 Å². The Morgan fingerprint density at radius 1 is 1.18 bits per heavy atom. The van der Waals surface area contributed by atoms with Gasteiger partial charge in [0.1, 0.15) is 0 Å². The van der Waals surface area contributed by atoms with Crippen molar-refractivity contribution >= 4 is 0 Å². The molecule has 0 N–H and O–H groups in total. The molecule has 0 spiro atoms. The highest BCUT2D eigenvalue weighted by Crippen LogP contribution is 2.24. The SMILES string of the molecule is Cc1ccc(-c2c(C)ncc(=O)n2C)c(C)c1. The van der Waals surface area contributed by atoms with E-state index in [2.05, 4.69) is 31.0 Å². The standard InChI is InChI=1S/C14H16N2O/c1-9-5-6-12(10(2)7-9)14-11(3)15-8-13(17)16(14)4/h5-8H,1-4H3. The molecule has 1 aromatic carbocycles. The summed E-state index contributed by atoms with van der Waals surface area (Å²) in [6.45, 7) is 6.04. The molecule has 17 heavy (non-hydrogen) atoms. The van der Waals surface area contributed by atoms with Gasteiger partial charge in [-0.3, -0.25) is 9.78 Å². The monoisotopic (exact) mass is 228 g/mol. The molecule has 2 aromatic rings. The van der Waals surface area contributed by atoms with Gasteiger partial charge in [-0.1, -0.05) is 23.8 Å². The highest BCUT2D eigenvalue weighted by molar-refractivity contribution is 5.66. The van der Waals surface area contributed by atoms with Crippen LogP contribution in [0, 0.1) is 20.8 Å². The van der Waals surface area contributed by atoms with Gasteiger partial charge in [0.2, 0.25) is 0 Å². The minimum atomic E-state index is -0.0782. The maximum Gasteiger partial charge on any atom is 0.269 e. The Balaban J connectivity index is 2.77. The Hall–Kier alpha value is -1.90. The normalized spacial score (nSPS) is 10.6. The third kappa shape index (κ3) is 2.00. The molecule has 3 heteroatoms. The molecule has 0 unspecified atom stereocenters. The molecular formula is C14H16N2O. The zero-order chi connectivity index (χ0) is 12.6. The van der Waals surface area contributed by atoms with Crippen molar-refractivity contribution < 1.29 is 0 Å². The van der Waals surface area contributed by atoms with Crippen LogP contribution in [0.15, 0.2) is 29.2 Å². The molecule has 0 aliphatic carbocycles. The second-order valence-electron chi connectivity index (χ2n) is 4.41. The fourth-order valence-corrected chi connectivity index (χ4v) is 2.11. The second kappa shape index (κ2) is 4.17. The topological polar surface area (TPSA) is 34.9 Å². The Labute approximate surface area is 101 Å². The van der Waals surface area contributed by atoms with Crippen LogP contribution in [0.4, 0.5) is 0 Å². The first-order valence-corrected chi connectivity index (χ1v) is 5.61. The third-order valence-corrected chi connectivity index (χ3v) is 3.01. The lowest BCUT2D eigenvalue weighted by molar-refractivity contribution is 0.837. The van der Waals surface area contributed by atoms with E-state index in [0.717, 1.165) is 22.5 Å². The summed E-state index contributed by atoms with van der Waals surface area (Å²) in [6, 6.07) is 6.22. The largest absolute Gasteiger partial charge is 0.308 e. The van der Waals surface area contributed by atoms with Gasteiger partial charge >= 0.3 is 0 Å². The van der Waals surface area contributed by atoms with Crippen molar-refractivity contribution in [2.75, 3.05) is 0 Å². The van der Waals surface area contributed by atoms with E-state index < -0.39 is 0 Å². The quantitative estimate of drug-likeness (QED) is 0.751. The molecule has 1 aromatic heterocycles. The molecule has 1 heterocycles. The number of rotatable bonds is 1. The molecule has 0 saturated carbocycles. The van der Waals surface area contributed by atoms with Crippen LogP contribution in [-0.4, -0.2) is 9.55 Å². The van der Waals surface area contributed by atoms with Crippen LogP contribution in [0.1, 0.15) is 16.8 Å². The highest BCUT2D eigenvalue weighted by atomic mass is 16.1. The van der Waals surface area contributed by atoms with Gasteiger partial charge in [-0.2, -0.15) is 0 Å². The molecule has 0 bridgehead atoms. The summed E-state index contributed by atoms with van der Waals surface area (Å²) in [5.74, 6) is 0. The van der Waals surface area contributed by atoms with Crippen molar-refractivity contribution in [3.63, 3.8) is 0 Å². The first-order valence-electron chi connectivity index (χ1n) is 5.61. The molecule has 0 radical (unpaired) electrons. The Morgan fingerprint density at radius 2 is 1.88 bits per heavy atom. The predicted molar refractivity (Wildman–Crippen MR) is 69.1 cm³/mol. The second-order valence-corrected chi connectivity index (χ2v) is 4.41. The molecule has 0 amide bonds. The zero-order valence-electron chi connectivity index (χ0n) is 10.6. The van der Waals surface area contributed by atoms with Gasteiger partial charge in [0.15, 0.2) is 0 Å². The van der Waals surface area contributed by atoms with E-state index in [4.69, 9.17) is 0 Å². The van der Waals surface area contributed by atoms with Gasteiger partial charge in [-0.25, -0.2) is 0 Å².